The van der Waals surface area contributed by atoms with E-state index in [1.165, 1.54) is 4.90 Å². The van der Waals surface area contributed by atoms with Crippen LogP contribution in [-0.4, -0.2) is 60.9 Å². The summed E-state index contributed by atoms with van der Waals surface area (Å²) in [4.78, 5) is 31.2. The molecule has 2 amide bonds. The fourth-order valence-electron chi connectivity index (χ4n) is 3.97. The fourth-order valence-corrected chi connectivity index (χ4v) is 4.10. The molecule has 0 aliphatic carbocycles. The van der Waals surface area contributed by atoms with Crippen molar-refractivity contribution in [3.8, 4) is 5.75 Å². The van der Waals surface area contributed by atoms with Gasteiger partial charge in [0, 0.05) is 36.9 Å². The van der Waals surface area contributed by atoms with Crippen molar-refractivity contribution < 1.29 is 14.3 Å². The highest BCUT2D eigenvalue weighted by molar-refractivity contribution is 6.30. The zero-order valence-corrected chi connectivity index (χ0v) is 17.1. The minimum atomic E-state index is -0.354. The molecule has 2 aromatic rings. The highest BCUT2D eigenvalue weighted by Crippen LogP contribution is 2.25. The maximum atomic E-state index is 12.9. The van der Waals surface area contributed by atoms with E-state index in [9.17, 15) is 9.59 Å². The number of carbonyl (C=O) groups is 2. The molecule has 2 aliphatic rings. The summed E-state index contributed by atoms with van der Waals surface area (Å²) in [5, 5.41) is 0.639. The molecule has 2 fully saturated rings. The zero-order chi connectivity index (χ0) is 20.4. The number of anilines is 1. The summed E-state index contributed by atoms with van der Waals surface area (Å²) in [6.07, 6.45) is 0.259. The lowest BCUT2D eigenvalue weighted by Gasteiger charge is -2.38. The Balaban J connectivity index is 1.36. The molecule has 0 spiro atoms. The van der Waals surface area contributed by atoms with Crippen LogP contribution in [0.15, 0.2) is 48.5 Å². The Bertz CT molecular complexity index is 877. The normalized spacial score (nSPS) is 20.4. The Morgan fingerprint density at radius 3 is 2.24 bits per heavy atom. The van der Waals surface area contributed by atoms with Crippen LogP contribution < -0.4 is 9.64 Å². The quantitative estimate of drug-likeness (QED) is 0.705. The van der Waals surface area contributed by atoms with Gasteiger partial charge in [-0.05, 0) is 42.0 Å². The molecule has 0 unspecified atom stereocenters. The average Bonchev–Trinajstić information content (AvgIpc) is 3.04. The van der Waals surface area contributed by atoms with Crippen molar-refractivity contribution in [2.45, 2.75) is 19.0 Å². The van der Waals surface area contributed by atoms with Crippen LogP contribution in [0.3, 0.4) is 0 Å². The molecule has 7 heteroatoms. The summed E-state index contributed by atoms with van der Waals surface area (Å²) in [6, 6.07) is 14.9. The lowest BCUT2D eigenvalue weighted by atomic mass is 10.1. The third kappa shape index (κ3) is 4.23. The number of halogens is 1. The molecule has 4 rings (SSSR count). The number of nitrogens with zero attached hydrogens (tertiary/aromatic N) is 3. The van der Waals surface area contributed by atoms with E-state index in [1.54, 1.807) is 19.2 Å². The van der Waals surface area contributed by atoms with Crippen LogP contribution in [0.5, 0.6) is 5.75 Å². The maximum Gasteiger partial charge on any atom is 0.247 e. The van der Waals surface area contributed by atoms with E-state index in [0.29, 0.717) is 11.6 Å². The molecule has 6 nitrogen and oxygen atoms in total. The molecular formula is C22H24ClN3O3. The first-order chi connectivity index (χ1) is 14.0. The monoisotopic (exact) mass is 413 g/mol. The first-order valence-corrected chi connectivity index (χ1v) is 10.1. The second-order valence-electron chi connectivity index (χ2n) is 7.39. The van der Waals surface area contributed by atoms with Gasteiger partial charge in [-0.2, -0.15) is 0 Å². The first kappa shape index (κ1) is 19.7. The SMILES string of the molecule is COc1ccc(N2CCN([C@@H]3CC(=O)N(Cc4ccc(Cl)cc4)C3=O)CC2)cc1. The Morgan fingerprint density at radius 2 is 1.62 bits per heavy atom. The molecule has 0 aromatic heterocycles. The second kappa shape index (κ2) is 8.43. The summed E-state index contributed by atoms with van der Waals surface area (Å²) in [6.45, 7) is 3.45. The number of piperazine rings is 1. The molecule has 152 valence electrons. The van der Waals surface area contributed by atoms with Crippen molar-refractivity contribution in [3.05, 3.63) is 59.1 Å². The van der Waals surface area contributed by atoms with Crippen molar-refractivity contribution in [3.63, 3.8) is 0 Å². The molecular weight excluding hydrogens is 390 g/mol. The third-order valence-corrected chi connectivity index (χ3v) is 5.92. The number of benzene rings is 2. The summed E-state index contributed by atoms with van der Waals surface area (Å²) < 4.78 is 5.21. The van der Waals surface area contributed by atoms with Crippen LogP contribution in [0.4, 0.5) is 5.69 Å². The van der Waals surface area contributed by atoms with Gasteiger partial charge in [0.1, 0.15) is 5.75 Å². The van der Waals surface area contributed by atoms with Crippen molar-refractivity contribution in [2.75, 3.05) is 38.2 Å². The number of likely N-dealkylation sites (tertiary alicyclic amines) is 1. The first-order valence-electron chi connectivity index (χ1n) is 9.77. The van der Waals surface area contributed by atoms with Crippen LogP contribution in [0.1, 0.15) is 12.0 Å². The molecule has 0 bridgehead atoms. The third-order valence-electron chi connectivity index (χ3n) is 5.67. The van der Waals surface area contributed by atoms with Gasteiger partial charge in [-0.1, -0.05) is 23.7 Å². The molecule has 29 heavy (non-hydrogen) atoms. The van der Waals surface area contributed by atoms with Gasteiger partial charge in [-0.3, -0.25) is 19.4 Å². The molecule has 0 N–H and O–H groups in total. The van der Waals surface area contributed by atoms with Gasteiger partial charge in [0.05, 0.1) is 26.1 Å². The number of rotatable bonds is 5. The van der Waals surface area contributed by atoms with E-state index >= 15 is 0 Å². The van der Waals surface area contributed by atoms with Crippen molar-refractivity contribution >= 4 is 29.1 Å². The van der Waals surface area contributed by atoms with E-state index in [2.05, 4.69) is 9.80 Å². The highest BCUT2D eigenvalue weighted by atomic mass is 35.5. The molecule has 2 saturated heterocycles. The predicted octanol–water partition coefficient (Wildman–Crippen LogP) is 2.80. The Labute approximate surface area is 175 Å². The Kier molecular flexibility index (Phi) is 5.74. The van der Waals surface area contributed by atoms with E-state index < -0.39 is 0 Å². The van der Waals surface area contributed by atoms with Crippen molar-refractivity contribution in [2.24, 2.45) is 0 Å². The van der Waals surface area contributed by atoms with Gasteiger partial charge in [0.15, 0.2) is 0 Å². The molecule has 2 aromatic carbocycles. The minimum Gasteiger partial charge on any atom is -0.497 e. The summed E-state index contributed by atoms with van der Waals surface area (Å²) in [5.74, 6) is 0.638. The Hall–Kier alpha value is -2.57. The predicted molar refractivity (Wildman–Crippen MR) is 112 cm³/mol. The number of ether oxygens (including phenoxy) is 1. The van der Waals surface area contributed by atoms with Gasteiger partial charge >= 0.3 is 0 Å². The van der Waals surface area contributed by atoms with E-state index in [4.69, 9.17) is 16.3 Å². The Morgan fingerprint density at radius 1 is 0.966 bits per heavy atom. The van der Waals surface area contributed by atoms with E-state index in [1.807, 2.05) is 36.4 Å². The van der Waals surface area contributed by atoms with Crippen LogP contribution in [0.2, 0.25) is 5.02 Å². The van der Waals surface area contributed by atoms with Gasteiger partial charge in [-0.15, -0.1) is 0 Å². The highest BCUT2D eigenvalue weighted by Gasteiger charge is 2.42. The van der Waals surface area contributed by atoms with Crippen LogP contribution in [-0.2, 0) is 16.1 Å². The second-order valence-corrected chi connectivity index (χ2v) is 7.82. The lowest BCUT2D eigenvalue weighted by Crippen LogP contribution is -2.52. The molecule has 0 saturated carbocycles. The van der Waals surface area contributed by atoms with Crippen molar-refractivity contribution in [1.82, 2.24) is 9.80 Å². The molecule has 2 aliphatic heterocycles. The fraction of sp³-hybridized carbons (Fsp3) is 0.364. The van der Waals surface area contributed by atoms with Crippen LogP contribution in [0, 0.1) is 0 Å². The summed E-state index contributed by atoms with van der Waals surface area (Å²) >= 11 is 5.92. The lowest BCUT2D eigenvalue weighted by molar-refractivity contribution is -0.140. The van der Waals surface area contributed by atoms with E-state index in [0.717, 1.165) is 43.2 Å². The smallest absolute Gasteiger partial charge is 0.247 e. The van der Waals surface area contributed by atoms with Gasteiger partial charge < -0.3 is 9.64 Å². The van der Waals surface area contributed by atoms with Gasteiger partial charge in [0.2, 0.25) is 11.8 Å². The number of methoxy groups -OCH3 is 1. The standard InChI is InChI=1S/C22H24ClN3O3/c1-29-19-8-6-18(7-9-19)24-10-12-25(13-11-24)20-14-21(27)26(22(20)28)15-16-2-4-17(23)5-3-16/h2-9,20H,10-15H2,1H3/t20-/m1/s1. The number of hydrogen-bond donors (Lipinski definition) is 0. The van der Waals surface area contributed by atoms with Crippen LogP contribution in [0.25, 0.3) is 0 Å². The topological polar surface area (TPSA) is 53.1 Å². The number of amides is 2. The average molecular weight is 414 g/mol. The largest absolute Gasteiger partial charge is 0.497 e. The number of carbonyl (C=O) groups excluding carboxylic acids is 2. The molecule has 1 atom stereocenters. The van der Waals surface area contributed by atoms with Gasteiger partial charge in [-0.25, -0.2) is 0 Å². The van der Waals surface area contributed by atoms with Crippen molar-refractivity contribution in [1.29, 1.82) is 0 Å². The summed E-state index contributed by atoms with van der Waals surface area (Å²) in [7, 11) is 1.66. The molecule has 0 radical (unpaired) electrons. The minimum absolute atomic E-state index is 0.0946. The van der Waals surface area contributed by atoms with E-state index in [-0.39, 0.29) is 24.3 Å². The number of imide groups is 1. The summed E-state index contributed by atoms with van der Waals surface area (Å²) in [5.41, 5.74) is 2.05. The molecule has 2 heterocycles. The maximum absolute atomic E-state index is 12.9. The van der Waals surface area contributed by atoms with Gasteiger partial charge in [0.25, 0.3) is 0 Å². The number of hydrogen-bond acceptors (Lipinski definition) is 5. The zero-order valence-electron chi connectivity index (χ0n) is 16.4. The van der Waals surface area contributed by atoms with Crippen LogP contribution >= 0.6 is 11.6 Å².